The molecule has 0 rings (SSSR count). The Morgan fingerprint density at radius 2 is 2.30 bits per heavy atom. The van der Waals surface area contributed by atoms with Crippen molar-refractivity contribution in [3.05, 3.63) is 0 Å². The number of amides is 1. The SMILES string of the molecule is CCCCC(C)C=NC=O. The van der Waals surface area contributed by atoms with Gasteiger partial charge in [-0.1, -0.05) is 26.7 Å². The molecule has 0 aromatic heterocycles. The first-order valence-corrected chi connectivity index (χ1v) is 3.78. The van der Waals surface area contributed by atoms with E-state index >= 15 is 0 Å². The molecule has 2 nitrogen and oxygen atoms in total. The Kier molecular flexibility index (Phi) is 6.03. The van der Waals surface area contributed by atoms with Gasteiger partial charge in [-0.3, -0.25) is 4.79 Å². The van der Waals surface area contributed by atoms with Crippen LogP contribution in [-0.2, 0) is 4.79 Å². The number of unbranched alkanes of at least 4 members (excludes halogenated alkanes) is 1. The fourth-order valence-corrected chi connectivity index (χ4v) is 0.783. The van der Waals surface area contributed by atoms with Crippen molar-refractivity contribution in [2.45, 2.75) is 33.1 Å². The molecule has 10 heavy (non-hydrogen) atoms. The van der Waals surface area contributed by atoms with Gasteiger partial charge in [0.15, 0.2) is 0 Å². The minimum absolute atomic E-state index is 0.449. The molecule has 0 aliphatic carbocycles. The van der Waals surface area contributed by atoms with Gasteiger partial charge in [-0.25, -0.2) is 4.99 Å². The number of carbonyl (C=O) groups is 1. The molecule has 0 aliphatic rings. The van der Waals surface area contributed by atoms with Crippen LogP contribution >= 0.6 is 0 Å². The van der Waals surface area contributed by atoms with Crippen LogP contribution in [0.3, 0.4) is 0 Å². The van der Waals surface area contributed by atoms with Crippen LogP contribution in [0.5, 0.6) is 0 Å². The highest BCUT2D eigenvalue weighted by Gasteiger charge is 1.94. The van der Waals surface area contributed by atoms with E-state index in [-0.39, 0.29) is 0 Å². The Morgan fingerprint density at radius 3 is 2.80 bits per heavy atom. The standard InChI is InChI=1S/C8H15NO/c1-3-4-5-8(2)6-9-7-10/h6-8H,3-5H2,1-2H3. The van der Waals surface area contributed by atoms with Crippen molar-refractivity contribution in [3.63, 3.8) is 0 Å². The summed E-state index contributed by atoms with van der Waals surface area (Å²) in [6, 6.07) is 0. The molecule has 0 saturated heterocycles. The van der Waals surface area contributed by atoms with Crippen molar-refractivity contribution in [1.82, 2.24) is 0 Å². The van der Waals surface area contributed by atoms with Gasteiger partial charge in [0.1, 0.15) is 0 Å². The van der Waals surface area contributed by atoms with Gasteiger partial charge in [0, 0.05) is 6.21 Å². The van der Waals surface area contributed by atoms with Gasteiger partial charge >= 0.3 is 0 Å². The van der Waals surface area contributed by atoms with Crippen molar-refractivity contribution in [2.75, 3.05) is 0 Å². The first-order chi connectivity index (χ1) is 4.81. The first kappa shape index (κ1) is 9.34. The van der Waals surface area contributed by atoms with Crippen LogP contribution in [0.25, 0.3) is 0 Å². The largest absolute Gasteiger partial charge is 0.276 e. The van der Waals surface area contributed by atoms with Gasteiger partial charge < -0.3 is 0 Å². The molecule has 0 bridgehead atoms. The van der Waals surface area contributed by atoms with Gasteiger partial charge in [-0.2, -0.15) is 0 Å². The fourth-order valence-electron chi connectivity index (χ4n) is 0.783. The monoisotopic (exact) mass is 141 g/mol. The molecule has 0 heterocycles. The Morgan fingerprint density at radius 1 is 1.60 bits per heavy atom. The summed E-state index contributed by atoms with van der Waals surface area (Å²) in [7, 11) is 0. The van der Waals surface area contributed by atoms with Crippen molar-refractivity contribution in [2.24, 2.45) is 10.9 Å². The predicted molar refractivity (Wildman–Crippen MR) is 43.2 cm³/mol. The molecule has 1 amide bonds. The summed E-state index contributed by atoms with van der Waals surface area (Å²) in [5, 5.41) is 0. The van der Waals surface area contributed by atoms with Gasteiger partial charge in [-0.15, -0.1) is 0 Å². The molecule has 58 valence electrons. The van der Waals surface area contributed by atoms with E-state index < -0.39 is 0 Å². The number of rotatable bonds is 5. The average molecular weight is 141 g/mol. The maximum absolute atomic E-state index is 9.79. The molecule has 0 fully saturated rings. The lowest BCUT2D eigenvalue weighted by Crippen LogP contribution is -1.95. The summed E-state index contributed by atoms with van der Waals surface area (Å²) in [6.45, 7) is 4.23. The minimum Gasteiger partial charge on any atom is -0.276 e. The Labute approximate surface area is 62.4 Å². The lowest BCUT2D eigenvalue weighted by atomic mass is 10.1. The van der Waals surface area contributed by atoms with Crippen LogP contribution in [0, 0.1) is 5.92 Å². The third-order valence-corrected chi connectivity index (χ3v) is 1.41. The molecule has 0 N–H and O–H groups in total. The van der Waals surface area contributed by atoms with E-state index in [0.717, 1.165) is 6.42 Å². The van der Waals surface area contributed by atoms with E-state index in [0.29, 0.717) is 12.3 Å². The second-order valence-electron chi connectivity index (χ2n) is 2.52. The molecule has 2 heteroatoms. The summed E-state index contributed by atoms with van der Waals surface area (Å²) >= 11 is 0. The van der Waals surface area contributed by atoms with Crippen molar-refractivity contribution < 1.29 is 4.79 Å². The first-order valence-electron chi connectivity index (χ1n) is 3.78. The van der Waals surface area contributed by atoms with E-state index in [4.69, 9.17) is 0 Å². The normalized spacial score (nSPS) is 13.8. The van der Waals surface area contributed by atoms with Gasteiger partial charge in [0.25, 0.3) is 0 Å². The van der Waals surface area contributed by atoms with Crippen LogP contribution in [0.2, 0.25) is 0 Å². The molecular formula is C8H15NO. The highest BCUT2D eigenvalue weighted by Crippen LogP contribution is 2.03. The molecule has 0 aromatic carbocycles. The van der Waals surface area contributed by atoms with E-state index in [1.165, 1.54) is 12.8 Å². The zero-order valence-electron chi connectivity index (χ0n) is 6.71. The summed E-state index contributed by atoms with van der Waals surface area (Å²) in [5.74, 6) is 0.449. The van der Waals surface area contributed by atoms with Gasteiger partial charge in [0.05, 0.1) is 0 Å². The molecule has 0 aromatic rings. The fraction of sp³-hybridized carbons (Fsp3) is 0.750. The zero-order valence-corrected chi connectivity index (χ0v) is 6.71. The Bertz CT molecular complexity index is 110. The third kappa shape index (κ3) is 5.48. The van der Waals surface area contributed by atoms with E-state index in [9.17, 15) is 4.79 Å². The lowest BCUT2D eigenvalue weighted by molar-refractivity contribution is -0.106. The van der Waals surface area contributed by atoms with E-state index in [2.05, 4.69) is 18.8 Å². The number of nitrogens with zero attached hydrogens (tertiary/aromatic N) is 1. The van der Waals surface area contributed by atoms with Crippen molar-refractivity contribution in [1.29, 1.82) is 0 Å². The molecular weight excluding hydrogens is 126 g/mol. The maximum atomic E-state index is 9.79. The Balaban J connectivity index is 3.32. The van der Waals surface area contributed by atoms with E-state index in [1.807, 2.05) is 0 Å². The molecule has 0 radical (unpaired) electrons. The molecule has 1 unspecified atom stereocenters. The number of hydrogen-bond donors (Lipinski definition) is 0. The van der Waals surface area contributed by atoms with Gasteiger partial charge in [0.2, 0.25) is 6.41 Å². The zero-order chi connectivity index (χ0) is 7.82. The van der Waals surface area contributed by atoms with Crippen LogP contribution < -0.4 is 0 Å². The predicted octanol–water partition coefficient (Wildman–Crippen LogP) is 2.04. The molecule has 1 atom stereocenters. The second-order valence-corrected chi connectivity index (χ2v) is 2.52. The molecule has 0 spiro atoms. The Hall–Kier alpha value is -0.660. The minimum atomic E-state index is 0.449. The van der Waals surface area contributed by atoms with Crippen LogP contribution in [0.4, 0.5) is 0 Å². The lowest BCUT2D eigenvalue weighted by Gasteiger charge is -2.00. The van der Waals surface area contributed by atoms with Crippen LogP contribution in [0.15, 0.2) is 4.99 Å². The average Bonchev–Trinajstić information content (AvgIpc) is 1.97. The molecule has 0 aliphatic heterocycles. The summed E-state index contributed by atoms with van der Waals surface area (Å²) in [4.78, 5) is 13.3. The number of hydrogen-bond acceptors (Lipinski definition) is 1. The summed E-state index contributed by atoms with van der Waals surface area (Å²) in [5.41, 5.74) is 0. The van der Waals surface area contributed by atoms with Gasteiger partial charge in [-0.05, 0) is 12.3 Å². The number of carbonyl (C=O) groups excluding carboxylic acids is 1. The quantitative estimate of drug-likeness (QED) is 0.425. The summed E-state index contributed by atoms with van der Waals surface area (Å²) < 4.78 is 0. The summed E-state index contributed by atoms with van der Waals surface area (Å²) in [6.07, 6.45) is 5.85. The van der Waals surface area contributed by atoms with E-state index in [1.54, 1.807) is 6.21 Å². The highest BCUT2D eigenvalue weighted by atomic mass is 16.1. The van der Waals surface area contributed by atoms with Crippen molar-refractivity contribution in [3.8, 4) is 0 Å². The smallest absolute Gasteiger partial charge is 0.232 e. The van der Waals surface area contributed by atoms with Crippen LogP contribution in [-0.4, -0.2) is 12.6 Å². The number of aliphatic imine (C=N–C) groups is 1. The maximum Gasteiger partial charge on any atom is 0.232 e. The topological polar surface area (TPSA) is 29.4 Å². The second kappa shape index (κ2) is 6.46. The molecule has 0 saturated carbocycles. The highest BCUT2D eigenvalue weighted by molar-refractivity contribution is 5.70. The van der Waals surface area contributed by atoms with Crippen LogP contribution in [0.1, 0.15) is 33.1 Å². The van der Waals surface area contributed by atoms with Crippen molar-refractivity contribution >= 4 is 12.6 Å². The third-order valence-electron chi connectivity index (χ3n) is 1.41.